The molecule has 2 heterocycles. The van der Waals surface area contributed by atoms with Crippen LogP contribution in [0.5, 0.6) is 0 Å². The van der Waals surface area contributed by atoms with Crippen molar-refractivity contribution in [2.45, 2.75) is 18.9 Å². The molecule has 2 rings (SSSR count). The van der Waals surface area contributed by atoms with Gasteiger partial charge in [0.15, 0.2) is 0 Å². The first-order valence-corrected chi connectivity index (χ1v) is 5.08. The molecule has 1 fully saturated rings. The zero-order valence-corrected chi connectivity index (χ0v) is 9.16. The Bertz CT molecular complexity index is 376. The summed E-state index contributed by atoms with van der Waals surface area (Å²) in [5.41, 5.74) is 7.90. The Balaban J connectivity index is 2.17. The Kier molecular flexibility index (Phi) is 2.80. The van der Waals surface area contributed by atoms with Gasteiger partial charge in [-0.25, -0.2) is 5.84 Å². The van der Waals surface area contributed by atoms with E-state index >= 15 is 0 Å². The molecule has 1 atom stereocenters. The van der Waals surface area contributed by atoms with Crippen LogP contribution in [0.2, 0.25) is 0 Å². The van der Waals surface area contributed by atoms with Crippen molar-refractivity contribution < 1.29 is 4.74 Å². The predicted octanol–water partition coefficient (Wildman–Crippen LogP) is -0.0647. The van der Waals surface area contributed by atoms with Crippen LogP contribution in [0.15, 0.2) is 6.07 Å². The molecule has 1 aromatic rings. The normalized spacial score (nSPS) is 24.4. The molecule has 1 aromatic heterocycles. The standard InChI is InChI=1S/C9H16N6O/c1-9(2-3-16-5-9)14-6-4-7(15-11)13-8(10)12-6/h4H,2-3,5,11H2,1H3,(H4,10,12,13,14,15). The third kappa shape index (κ3) is 2.31. The van der Waals surface area contributed by atoms with Gasteiger partial charge in [-0.05, 0) is 13.3 Å². The summed E-state index contributed by atoms with van der Waals surface area (Å²) in [7, 11) is 0. The molecule has 0 amide bonds. The number of nitrogens with two attached hydrogens (primary N) is 2. The van der Waals surface area contributed by atoms with Crippen molar-refractivity contribution in [2.75, 3.05) is 29.7 Å². The number of aromatic nitrogens is 2. The van der Waals surface area contributed by atoms with Gasteiger partial charge in [-0.3, -0.25) is 0 Å². The first-order chi connectivity index (χ1) is 7.61. The van der Waals surface area contributed by atoms with Crippen molar-refractivity contribution in [3.8, 4) is 0 Å². The summed E-state index contributed by atoms with van der Waals surface area (Å²) < 4.78 is 5.34. The minimum atomic E-state index is -0.105. The van der Waals surface area contributed by atoms with Gasteiger partial charge < -0.3 is 21.2 Å². The van der Waals surface area contributed by atoms with Gasteiger partial charge >= 0.3 is 0 Å². The number of nitrogens with one attached hydrogen (secondary N) is 2. The molecule has 7 heteroatoms. The van der Waals surface area contributed by atoms with E-state index in [0.29, 0.717) is 18.2 Å². The number of nitrogens with zero attached hydrogens (tertiary/aromatic N) is 2. The smallest absolute Gasteiger partial charge is 0.223 e. The Hall–Kier alpha value is -1.60. The molecular formula is C9H16N6O. The minimum absolute atomic E-state index is 0.105. The maximum absolute atomic E-state index is 5.56. The van der Waals surface area contributed by atoms with Crippen molar-refractivity contribution in [1.82, 2.24) is 9.97 Å². The number of rotatable bonds is 3. The topological polar surface area (TPSA) is 111 Å². The van der Waals surface area contributed by atoms with Crippen LogP contribution in [0.1, 0.15) is 13.3 Å². The highest BCUT2D eigenvalue weighted by Gasteiger charge is 2.29. The summed E-state index contributed by atoms with van der Waals surface area (Å²) in [6.07, 6.45) is 0.933. The molecule has 0 aliphatic carbocycles. The maximum atomic E-state index is 5.56. The fourth-order valence-corrected chi connectivity index (χ4v) is 1.68. The first kappa shape index (κ1) is 10.9. The molecule has 0 spiro atoms. The van der Waals surface area contributed by atoms with Gasteiger partial charge in [-0.1, -0.05) is 0 Å². The van der Waals surface area contributed by atoms with E-state index in [0.717, 1.165) is 13.0 Å². The maximum Gasteiger partial charge on any atom is 0.223 e. The molecule has 16 heavy (non-hydrogen) atoms. The molecule has 1 saturated heterocycles. The second kappa shape index (κ2) is 4.11. The Morgan fingerprint density at radius 2 is 2.19 bits per heavy atom. The van der Waals surface area contributed by atoms with Gasteiger partial charge in [0.05, 0.1) is 12.1 Å². The van der Waals surface area contributed by atoms with Crippen molar-refractivity contribution >= 4 is 17.6 Å². The highest BCUT2D eigenvalue weighted by Crippen LogP contribution is 2.23. The van der Waals surface area contributed by atoms with Crippen molar-refractivity contribution in [1.29, 1.82) is 0 Å². The fraction of sp³-hybridized carbons (Fsp3) is 0.556. The summed E-state index contributed by atoms with van der Waals surface area (Å²) in [5.74, 6) is 6.59. The second-order valence-electron chi connectivity index (χ2n) is 4.13. The quantitative estimate of drug-likeness (QED) is 0.420. The lowest BCUT2D eigenvalue weighted by molar-refractivity contribution is 0.185. The third-order valence-corrected chi connectivity index (χ3v) is 2.54. The van der Waals surface area contributed by atoms with Crippen molar-refractivity contribution in [3.05, 3.63) is 6.07 Å². The van der Waals surface area contributed by atoms with Crippen LogP contribution in [0.4, 0.5) is 17.6 Å². The van der Waals surface area contributed by atoms with Gasteiger partial charge in [-0.15, -0.1) is 0 Å². The highest BCUT2D eigenvalue weighted by atomic mass is 16.5. The summed E-state index contributed by atoms with van der Waals surface area (Å²) in [6.45, 7) is 3.49. The van der Waals surface area contributed by atoms with E-state index in [9.17, 15) is 0 Å². The van der Waals surface area contributed by atoms with Crippen LogP contribution < -0.4 is 22.3 Å². The monoisotopic (exact) mass is 224 g/mol. The largest absolute Gasteiger partial charge is 0.379 e. The molecule has 1 aliphatic heterocycles. The van der Waals surface area contributed by atoms with E-state index in [1.807, 2.05) is 0 Å². The van der Waals surface area contributed by atoms with Gasteiger partial charge in [0.25, 0.3) is 0 Å². The summed E-state index contributed by atoms with van der Waals surface area (Å²) in [4.78, 5) is 8.00. The summed E-state index contributed by atoms with van der Waals surface area (Å²) >= 11 is 0. The first-order valence-electron chi connectivity index (χ1n) is 5.08. The lowest BCUT2D eigenvalue weighted by atomic mass is 10.0. The average molecular weight is 224 g/mol. The Morgan fingerprint density at radius 3 is 2.81 bits per heavy atom. The fourth-order valence-electron chi connectivity index (χ4n) is 1.68. The molecule has 1 aliphatic rings. The zero-order valence-electron chi connectivity index (χ0n) is 9.16. The minimum Gasteiger partial charge on any atom is -0.379 e. The van der Waals surface area contributed by atoms with Crippen LogP contribution in [-0.2, 0) is 4.74 Å². The van der Waals surface area contributed by atoms with E-state index in [2.05, 4.69) is 27.6 Å². The number of hydrogen-bond acceptors (Lipinski definition) is 7. The SMILES string of the molecule is CC1(Nc2cc(NN)nc(N)n2)CCOC1. The number of anilines is 3. The highest BCUT2D eigenvalue weighted by molar-refractivity contribution is 5.51. The lowest BCUT2D eigenvalue weighted by Crippen LogP contribution is -2.35. The van der Waals surface area contributed by atoms with Crippen molar-refractivity contribution in [2.24, 2.45) is 5.84 Å². The lowest BCUT2D eigenvalue weighted by Gasteiger charge is -2.24. The molecule has 6 N–H and O–H groups in total. The van der Waals surface area contributed by atoms with Crippen LogP contribution in [-0.4, -0.2) is 28.7 Å². The van der Waals surface area contributed by atoms with Crippen LogP contribution in [0.3, 0.4) is 0 Å². The van der Waals surface area contributed by atoms with Crippen molar-refractivity contribution in [3.63, 3.8) is 0 Å². The number of hydrazine groups is 1. The number of nitrogen functional groups attached to an aromatic ring is 2. The summed E-state index contributed by atoms with van der Waals surface area (Å²) in [5, 5.41) is 3.28. The molecular weight excluding hydrogens is 208 g/mol. The number of ether oxygens (including phenoxy) is 1. The predicted molar refractivity (Wildman–Crippen MR) is 61.7 cm³/mol. The summed E-state index contributed by atoms with van der Waals surface area (Å²) in [6, 6.07) is 1.71. The van der Waals surface area contributed by atoms with Crippen LogP contribution in [0, 0.1) is 0 Å². The zero-order chi connectivity index (χ0) is 11.6. The van der Waals surface area contributed by atoms with Gasteiger partial charge in [0, 0.05) is 12.7 Å². The Labute approximate surface area is 93.6 Å². The third-order valence-electron chi connectivity index (χ3n) is 2.54. The molecule has 7 nitrogen and oxygen atoms in total. The van der Waals surface area contributed by atoms with Crippen LogP contribution in [0.25, 0.3) is 0 Å². The van der Waals surface area contributed by atoms with Crippen LogP contribution >= 0.6 is 0 Å². The molecule has 0 bridgehead atoms. The molecule has 0 radical (unpaired) electrons. The van der Waals surface area contributed by atoms with E-state index in [1.165, 1.54) is 0 Å². The number of hydrogen-bond donors (Lipinski definition) is 4. The Morgan fingerprint density at radius 1 is 1.44 bits per heavy atom. The molecule has 1 unspecified atom stereocenters. The van der Waals surface area contributed by atoms with Gasteiger partial charge in [0.1, 0.15) is 11.6 Å². The molecule has 0 saturated carbocycles. The van der Waals surface area contributed by atoms with E-state index < -0.39 is 0 Å². The van der Waals surface area contributed by atoms with E-state index in [1.54, 1.807) is 6.07 Å². The van der Waals surface area contributed by atoms with Gasteiger partial charge in [-0.2, -0.15) is 9.97 Å². The second-order valence-corrected chi connectivity index (χ2v) is 4.13. The van der Waals surface area contributed by atoms with Gasteiger partial charge in [0.2, 0.25) is 5.95 Å². The molecule has 0 aromatic carbocycles. The van der Waals surface area contributed by atoms with E-state index in [-0.39, 0.29) is 11.5 Å². The average Bonchev–Trinajstić information content (AvgIpc) is 2.63. The van der Waals surface area contributed by atoms with E-state index in [4.69, 9.17) is 16.3 Å². The molecule has 88 valence electrons.